The minimum atomic E-state index is -3.83. The van der Waals surface area contributed by atoms with Crippen LogP contribution < -0.4 is 9.03 Å². The highest BCUT2D eigenvalue weighted by atomic mass is 32.2. The molecule has 0 heterocycles. The molecule has 0 atom stereocenters. The average Bonchev–Trinajstić information content (AvgIpc) is 2.61. The zero-order valence-electron chi connectivity index (χ0n) is 16.7. The van der Waals surface area contributed by atoms with Crippen LogP contribution in [0.3, 0.4) is 0 Å². The summed E-state index contributed by atoms with van der Waals surface area (Å²) in [7, 11) is -4.73. The second kappa shape index (κ2) is 8.60. The summed E-state index contributed by atoms with van der Waals surface area (Å²) in [6, 6.07) is 9.58. The van der Waals surface area contributed by atoms with Gasteiger partial charge in [0.05, 0.1) is 22.1 Å². The molecule has 7 nitrogen and oxygen atoms in total. The molecule has 0 fully saturated rings. The SMILES string of the molecule is COCCNS(=O)(=O)c1cc(N(C)S(=O)(=O)c2ccc(C)cc2)c(C)cc1C. The maximum Gasteiger partial charge on any atom is 0.264 e. The van der Waals surface area contributed by atoms with Crippen LogP contribution in [0, 0.1) is 20.8 Å². The lowest BCUT2D eigenvalue weighted by atomic mass is 10.1. The van der Waals surface area contributed by atoms with Gasteiger partial charge in [0.15, 0.2) is 0 Å². The predicted octanol–water partition coefficient (Wildman–Crippen LogP) is 2.36. The Balaban J connectivity index is 2.49. The molecular weight excluding hydrogens is 400 g/mol. The fourth-order valence-corrected chi connectivity index (χ4v) is 5.31. The van der Waals surface area contributed by atoms with Crippen LogP contribution in [0.1, 0.15) is 16.7 Å². The van der Waals surface area contributed by atoms with Crippen molar-refractivity contribution in [1.82, 2.24) is 4.72 Å². The molecule has 0 aromatic heterocycles. The fraction of sp³-hybridized carbons (Fsp3) is 0.368. The summed E-state index contributed by atoms with van der Waals surface area (Å²) in [4.78, 5) is 0.179. The third-order valence-corrected chi connectivity index (χ3v) is 7.79. The predicted molar refractivity (Wildman–Crippen MR) is 110 cm³/mol. The fourth-order valence-electron chi connectivity index (χ4n) is 2.80. The van der Waals surface area contributed by atoms with Gasteiger partial charge >= 0.3 is 0 Å². The van der Waals surface area contributed by atoms with Gasteiger partial charge in [0.2, 0.25) is 10.0 Å². The largest absolute Gasteiger partial charge is 0.383 e. The monoisotopic (exact) mass is 426 g/mol. The first-order chi connectivity index (χ1) is 13.0. The van der Waals surface area contributed by atoms with Crippen molar-refractivity contribution < 1.29 is 21.6 Å². The molecule has 28 heavy (non-hydrogen) atoms. The minimum absolute atomic E-state index is 0.0372. The van der Waals surface area contributed by atoms with E-state index in [0.717, 1.165) is 9.87 Å². The van der Waals surface area contributed by atoms with Gasteiger partial charge in [0.25, 0.3) is 10.0 Å². The number of hydrogen-bond acceptors (Lipinski definition) is 5. The van der Waals surface area contributed by atoms with Crippen molar-refractivity contribution in [2.24, 2.45) is 0 Å². The van der Waals surface area contributed by atoms with Gasteiger partial charge in [-0.2, -0.15) is 0 Å². The third-order valence-electron chi connectivity index (χ3n) is 4.40. The summed E-state index contributed by atoms with van der Waals surface area (Å²) >= 11 is 0. The van der Waals surface area contributed by atoms with E-state index >= 15 is 0 Å². The number of anilines is 1. The van der Waals surface area contributed by atoms with E-state index in [1.54, 1.807) is 32.0 Å². The highest BCUT2D eigenvalue weighted by Gasteiger charge is 2.25. The topological polar surface area (TPSA) is 92.8 Å². The number of benzene rings is 2. The standard InChI is InChI=1S/C19H26N2O5S2/c1-14-6-8-17(9-7-14)28(24,25)21(4)18-13-19(16(3)12-15(18)2)27(22,23)20-10-11-26-5/h6-9,12-13,20H,10-11H2,1-5H3. The molecule has 0 aliphatic carbocycles. The van der Waals surface area contributed by atoms with Crippen molar-refractivity contribution in [2.45, 2.75) is 30.6 Å². The number of nitrogens with one attached hydrogen (secondary N) is 1. The number of aryl methyl sites for hydroxylation is 3. The van der Waals surface area contributed by atoms with Crippen molar-refractivity contribution in [3.05, 3.63) is 53.1 Å². The van der Waals surface area contributed by atoms with Crippen LogP contribution in [-0.2, 0) is 24.8 Å². The average molecular weight is 427 g/mol. The number of sulfonamides is 2. The second-order valence-corrected chi connectivity index (χ2v) is 10.3. The highest BCUT2D eigenvalue weighted by molar-refractivity contribution is 7.92. The van der Waals surface area contributed by atoms with E-state index in [0.29, 0.717) is 16.8 Å². The van der Waals surface area contributed by atoms with Crippen LogP contribution in [-0.4, -0.2) is 44.1 Å². The maximum absolute atomic E-state index is 13.0. The Hall–Kier alpha value is -1.94. The second-order valence-electron chi connectivity index (χ2n) is 6.58. The van der Waals surface area contributed by atoms with Crippen molar-refractivity contribution in [3.8, 4) is 0 Å². The Bertz CT molecular complexity index is 1050. The normalized spacial score (nSPS) is 12.2. The molecule has 0 saturated heterocycles. The van der Waals surface area contributed by atoms with Crippen molar-refractivity contribution in [3.63, 3.8) is 0 Å². The molecule has 0 saturated carbocycles. The molecule has 2 aromatic carbocycles. The van der Waals surface area contributed by atoms with Crippen molar-refractivity contribution in [2.75, 3.05) is 31.6 Å². The minimum Gasteiger partial charge on any atom is -0.383 e. The van der Waals surface area contributed by atoms with E-state index in [1.165, 1.54) is 32.4 Å². The Kier molecular flexibility index (Phi) is 6.87. The molecule has 2 rings (SSSR count). The Morgan fingerprint density at radius 3 is 2.14 bits per heavy atom. The van der Waals surface area contributed by atoms with E-state index in [1.807, 2.05) is 6.92 Å². The molecule has 0 spiro atoms. The summed E-state index contributed by atoms with van der Waals surface area (Å²) < 4.78 is 59.7. The molecular formula is C19H26N2O5S2. The van der Waals surface area contributed by atoms with Crippen molar-refractivity contribution >= 4 is 25.7 Å². The molecule has 0 aliphatic heterocycles. The van der Waals surface area contributed by atoms with E-state index in [-0.39, 0.29) is 22.9 Å². The lowest BCUT2D eigenvalue weighted by molar-refractivity contribution is 0.204. The number of nitrogens with zero attached hydrogens (tertiary/aromatic N) is 1. The van der Waals surface area contributed by atoms with Gasteiger partial charge in [-0.25, -0.2) is 21.6 Å². The number of ether oxygens (including phenoxy) is 1. The van der Waals surface area contributed by atoms with Crippen LogP contribution in [0.2, 0.25) is 0 Å². The molecule has 0 bridgehead atoms. The van der Waals surface area contributed by atoms with Gasteiger partial charge in [0.1, 0.15) is 0 Å². The first-order valence-electron chi connectivity index (χ1n) is 8.66. The zero-order chi connectivity index (χ0) is 21.1. The quantitative estimate of drug-likeness (QED) is 0.654. The van der Waals surface area contributed by atoms with Gasteiger partial charge in [-0.05, 0) is 50.1 Å². The Morgan fingerprint density at radius 2 is 1.57 bits per heavy atom. The van der Waals surface area contributed by atoms with Crippen LogP contribution >= 0.6 is 0 Å². The van der Waals surface area contributed by atoms with Crippen molar-refractivity contribution in [1.29, 1.82) is 0 Å². The number of rotatable bonds is 8. The van der Waals surface area contributed by atoms with Gasteiger partial charge in [-0.3, -0.25) is 4.31 Å². The molecule has 0 aliphatic rings. The zero-order valence-corrected chi connectivity index (χ0v) is 18.3. The molecule has 0 amide bonds. The maximum atomic E-state index is 13.0. The smallest absolute Gasteiger partial charge is 0.264 e. The molecule has 0 unspecified atom stereocenters. The summed E-state index contributed by atoms with van der Waals surface area (Å²) in [6.07, 6.45) is 0. The molecule has 1 N–H and O–H groups in total. The van der Waals surface area contributed by atoms with Crippen LogP contribution in [0.5, 0.6) is 0 Å². The molecule has 2 aromatic rings. The van der Waals surface area contributed by atoms with Crippen LogP contribution in [0.4, 0.5) is 5.69 Å². The Labute approximate surface area is 167 Å². The highest BCUT2D eigenvalue weighted by Crippen LogP contribution is 2.30. The van der Waals surface area contributed by atoms with E-state index in [9.17, 15) is 16.8 Å². The first-order valence-corrected chi connectivity index (χ1v) is 11.6. The first kappa shape index (κ1) is 22.4. The van der Waals surface area contributed by atoms with Crippen LogP contribution in [0.15, 0.2) is 46.2 Å². The van der Waals surface area contributed by atoms with E-state index in [2.05, 4.69) is 4.72 Å². The van der Waals surface area contributed by atoms with Gasteiger partial charge in [0, 0.05) is 20.7 Å². The molecule has 0 radical (unpaired) electrons. The third kappa shape index (κ3) is 4.72. The summed E-state index contributed by atoms with van der Waals surface area (Å²) in [5, 5.41) is 0. The van der Waals surface area contributed by atoms with Gasteiger partial charge in [-0.1, -0.05) is 23.8 Å². The van der Waals surface area contributed by atoms with E-state index in [4.69, 9.17) is 4.74 Å². The lowest BCUT2D eigenvalue weighted by Gasteiger charge is -2.23. The van der Waals surface area contributed by atoms with E-state index < -0.39 is 20.0 Å². The summed E-state index contributed by atoms with van der Waals surface area (Å²) in [5.74, 6) is 0. The number of methoxy groups -OCH3 is 1. The summed E-state index contributed by atoms with van der Waals surface area (Å²) in [6.45, 7) is 5.66. The lowest BCUT2D eigenvalue weighted by Crippen LogP contribution is -2.30. The Morgan fingerprint density at radius 1 is 0.964 bits per heavy atom. The molecule has 154 valence electrons. The van der Waals surface area contributed by atoms with Gasteiger partial charge in [-0.15, -0.1) is 0 Å². The van der Waals surface area contributed by atoms with Gasteiger partial charge < -0.3 is 4.74 Å². The molecule has 9 heteroatoms. The number of hydrogen-bond donors (Lipinski definition) is 1. The van der Waals surface area contributed by atoms with Crippen LogP contribution in [0.25, 0.3) is 0 Å². The summed E-state index contributed by atoms with van der Waals surface area (Å²) in [5.41, 5.74) is 2.45.